The van der Waals surface area contributed by atoms with Gasteiger partial charge in [-0.2, -0.15) is 0 Å². The maximum absolute atomic E-state index is 12.8. The van der Waals surface area contributed by atoms with E-state index in [0.29, 0.717) is 31.0 Å². The summed E-state index contributed by atoms with van der Waals surface area (Å²) >= 11 is 5.96. The number of aryl methyl sites for hydroxylation is 1. The topological polar surface area (TPSA) is 45.5 Å². The molecule has 1 N–H and O–H groups in total. The molecule has 0 unspecified atom stereocenters. The Balaban J connectivity index is 1.91. The van der Waals surface area contributed by atoms with Crippen LogP contribution in [0, 0.1) is 13.8 Å². The van der Waals surface area contributed by atoms with E-state index >= 15 is 0 Å². The van der Waals surface area contributed by atoms with Gasteiger partial charge in [-0.3, -0.25) is 4.79 Å². The monoisotopic (exact) mass is 332 g/mol. The summed E-state index contributed by atoms with van der Waals surface area (Å²) < 4.78 is 2.07. The van der Waals surface area contributed by atoms with Crippen molar-refractivity contribution in [3.05, 3.63) is 52.3 Å². The molecule has 23 heavy (non-hydrogen) atoms. The lowest BCUT2D eigenvalue weighted by atomic mass is 10.1. The third-order valence-corrected chi connectivity index (χ3v) is 4.75. The summed E-state index contributed by atoms with van der Waals surface area (Å²) in [7, 11) is 0. The molecular weight excluding hydrogens is 312 g/mol. The molecule has 1 aliphatic heterocycles. The third kappa shape index (κ3) is 3.14. The Morgan fingerprint density at radius 1 is 1.17 bits per heavy atom. The van der Waals surface area contributed by atoms with E-state index in [1.165, 1.54) is 0 Å². The highest BCUT2D eigenvalue weighted by Crippen LogP contribution is 2.24. The average molecular weight is 333 g/mol. The zero-order valence-electron chi connectivity index (χ0n) is 13.4. The lowest BCUT2D eigenvalue weighted by Crippen LogP contribution is -2.40. The Morgan fingerprint density at radius 3 is 2.39 bits per heavy atom. The van der Waals surface area contributed by atoms with E-state index < -0.39 is 0 Å². The van der Waals surface area contributed by atoms with Gasteiger partial charge in [0.2, 0.25) is 0 Å². The van der Waals surface area contributed by atoms with Gasteiger partial charge in [-0.15, -0.1) is 0 Å². The summed E-state index contributed by atoms with van der Waals surface area (Å²) in [5.41, 5.74) is 3.68. The number of aliphatic hydroxyl groups is 1. The summed E-state index contributed by atoms with van der Waals surface area (Å²) in [6.45, 7) is 5.20. The summed E-state index contributed by atoms with van der Waals surface area (Å²) in [4.78, 5) is 14.6. The number of aromatic nitrogens is 1. The normalized spacial score (nSPS) is 15.9. The van der Waals surface area contributed by atoms with Crippen LogP contribution in [0.25, 0.3) is 5.69 Å². The maximum Gasteiger partial charge on any atom is 0.255 e. The second kappa shape index (κ2) is 6.38. The van der Waals surface area contributed by atoms with Gasteiger partial charge in [-0.25, -0.2) is 0 Å². The molecule has 5 heteroatoms. The Hall–Kier alpha value is -1.78. The predicted molar refractivity (Wildman–Crippen MR) is 91.4 cm³/mol. The summed E-state index contributed by atoms with van der Waals surface area (Å²) in [6, 6.07) is 9.55. The van der Waals surface area contributed by atoms with Crippen molar-refractivity contribution < 1.29 is 9.90 Å². The molecule has 0 saturated carbocycles. The SMILES string of the molecule is Cc1cc(C(=O)N2CCC(O)CC2)c(C)n1-c1ccc(Cl)cc1. The fourth-order valence-corrected chi connectivity index (χ4v) is 3.33. The molecule has 2 aromatic rings. The van der Waals surface area contributed by atoms with Crippen molar-refractivity contribution in [3.8, 4) is 5.69 Å². The van der Waals surface area contributed by atoms with Gasteiger partial charge in [0, 0.05) is 35.2 Å². The molecule has 1 aromatic carbocycles. The van der Waals surface area contributed by atoms with Crippen molar-refractivity contribution in [1.82, 2.24) is 9.47 Å². The minimum atomic E-state index is -0.277. The Labute approximate surface area is 141 Å². The average Bonchev–Trinajstić information content (AvgIpc) is 2.83. The first-order chi connectivity index (χ1) is 11.0. The van der Waals surface area contributed by atoms with E-state index in [0.717, 1.165) is 22.6 Å². The molecule has 0 bridgehead atoms. The van der Waals surface area contributed by atoms with E-state index in [1.54, 1.807) is 0 Å². The number of rotatable bonds is 2. The van der Waals surface area contributed by atoms with Crippen LogP contribution in [-0.2, 0) is 0 Å². The Kier molecular flexibility index (Phi) is 4.46. The zero-order chi connectivity index (χ0) is 16.6. The molecule has 1 aliphatic rings. The van der Waals surface area contributed by atoms with Gasteiger partial charge in [0.15, 0.2) is 0 Å². The van der Waals surface area contributed by atoms with Crippen LogP contribution in [0.5, 0.6) is 0 Å². The number of carbonyl (C=O) groups is 1. The molecule has 0 spiro atoms. The number of hydrogen-bond donors (Lipinski definition) is 1. The van der Waals surface area contributed by atoms with Gasteiger partial charge >= 0.3 is 0 Å². The van der Waals surface area contributed by atoms with Crippen LogP contribution in [0.4, 0.5) is 0 Å². The minimum absolute atomic E-state index is 0.0465. The highest BCUT2D eigenvalue weighted by atomic mass is 35.5. The van der Waals surface area contributed by atoms with Crippen LogP contribution in [-0.4, -0.2) is 39.7 Å². The molecule has 0 aliphatic carbocycles. The first-order valence-corrected chi connectivity index (χ1v) is 8.27. The number of halogens is 1. The van der Waals surface area contributed by atoms with E-state index in [4.69, 9.17) is 11.6 Å². The number of likely N-dealkylation sites (tertiary alicyclic amines) is 1. The van der Waals surface area contributed by atoms with Gasteiger partial charge in [-0.1, -0.05) is 11.6 Å². The summed E-state index contributed by atoms with van der Waals surface area (Å²) in [6.07, 6.45) is 1.03. The quantitative estimate of drug-likeness (QED) is 0.916. The van der Waals surface area contributed by atoms with E-state index in [2.05, 4.69) is 4.57 Å². The molecule has 1 aromatic heterocycles. The molecule has 1 saturated heterocycles. The van der Waals surface area contributed by atoms with Crippen molar-refractivity contribution >= 4 is 17.5 Å². The van der Waals surface area contributed by atoms with Gasteiger partial charge in [-0.05, 0) is 57.0 Å². The molecule has 2 heterocycles. The molecular formula is C18H21ClN2O2. The number of nitrogens with zero attached hydrogens (tertiary/aromatic N) is 2. The van der Waals surface area contributed by atoms with Gasteiger partial charge in [0.25, 0.3) is 5.91 Å². The number of carbonyl (C=O) groups excluding carboxylic acids is 1. The molecule has 0 atom stereocenters. The molecule has 1 amide bonds. The zero-order valence-corrected chi connectivity index (χ0v) is 14.2. The maximum atomic E-state index is 12.8. The predicted octanol–water partition coefficient (Wildman–Crippen LogP) is 3.34. The van der Waals surface area contributed by atoms with Crippen LogP contribution in [0.1, 0.15) is 34.6 Å². The highest BCUT2D eigenvalue weighted by Gasteiger charge is 2.25. The first-order valence-electron chi connectivity index (χ1n) is 7.89. The number of hydrogen-bond acceptors (Lipinski definition) is 2. The summed E-state index contributed by atoms with van der Waals surface area (Å²) in [5, 5.41) is 10.3. The van der Waals surface area contributed by atoms with Crippen LogP contribution in [0.2, 0.25) is 5.02 Å². The van der Waals surface area contributed by atoms with E-state index in [9.17, 15) is 9.90 Å². The second-order valence-corrected chi connectivity index (χ2v) is 6.56. The lowest BCUT2D eigenvalue weighted by molar-refractivity contribution is 0.0546. The standard InChI is InChI=1S/C18H21ClN2O2/c1-12-11-17(18(23)20-9-7-16(22)8-10-20)13(2)21(12)15-5-3-14(19)4-6-15/h3-6,11,16,22H,7-10H2,1-2H3. The lowest BCUT2D eigenvalue weighted by Gasteiger charge is -2.29. The molecule has 122 valence electrons. The smallest absolute Gasteiger partial charge is 0.255 e. The fourth-order valence-electron chi connectivity index (χ4n) is 3.21. The third-order valence-electron chi connectivity index (χ3n) is 4.50. The fraction of sp³-hybridized carbons (Fsp3) is 0.389. The van der Waals surface area contributed by atoms with Crippen molar-refractivity contribution in [1.29, 1.82) is 0 Å². The van der Waals surface area contributed by atoms with Crippen molar-refractivity contribution in [2.75, 3.05) is 13.1 Å². The van der Waals surface area contributed by atoms with Crippen LogP contribution < -0.4 is 0 Å². The van der Waals surface area contributed by atoms with Crippen LogP contribution in [0.3, 0.4) is 0 Å². The van der Waals surface area contributed by atoms with Crippen molar-refractivity contribution in [3.63, 3.8) is 0 Å². The molecule has 3 rings (SSSR count). The van der Waals surface area contributed by atoms with Gasteiger partial charge in [0.05, 0.1) is 11.7 Å². The van der Waals surface area contributed by atoms with Gasteiger partial charge in [0.1, 0.15) is 0 Å². The molecule has 0 radical (unpaired) electrons. The Bertz CT molecular complexity index is 713. The number of piperidine rings is 1. The number of amides is 1. The number of aliphatic hydroxyl groups excluding tert-OH is 1. The number of benzene rings is 1. The summed E-state index contributed by atoms with van der Waals surface area (Å²) in [5.74, 6) is 0.0465. The highest BCUT2D eigenvalue weighted by molar-refractivity contribution is 6.30. The van der Waals surface area contributed by atoms with E-state index in [-0.39, 0.29) is 12.0 Å². The Morgan fingerprint density at radius 2 is 1.78 bits per heavy atom. The largest absolute Gasteiger partial charge is 0.393 e. The van der Waals surface area contributed by atoms with Crippen molar-refractivity contribution in [2.24, 2.45) is 0 Å². The van der Waals surface area contributed by atoms with Crippen LogP contribution >= 0.6 is 11.6 Å². The molecule has 1 fully saturated rings. The van der Waals surface area contributed by atoms with Gasteiger partial charge < -0.3 is 14.6 Å². The van der Waals surface area contributed by atoms with Crippen molar-refractivity contribution in [2.45, 2.75) is 32.8 Å². The van der Waals surface area contributed by atoms with Crippen LogP contribution in [0.15, 0.2) is 30.3 Å². The van der Waals surface area contributed by atoms with E-state index in [1.807, 2.05) is 49.1 Å². The second-order valence-electron chi connectivity index (χ2n) is 6.12. The first kappa shape index (κ1) is 16.1. The minimum Gasteiger partial charge on any atom is -0.393 e. The molecule has 4 nitrogen and oxygen atoms in total.